The molecule has 0 aliphatic heterocycles. The molecule has 0 unspecified atom stereocenters. The van der Waals surface area contributed by atoms with Crippen LogP contribution in [0.4, 0.5) is 5.69 Å². The second-order valence-electron chi connectivity index (χ2n) is 8.27. The Morgan fingerprint density at radius 2 is 1.59 bits per heavy atom. The molecular weight excluding hydrogens is 484 g/mol. The molecule has 4 aromatic carbocycles. The van der Waals surface area contributed by atoms with Crippen LogP contribution in [0.15, 0.2) is 118 Å². The number of carbonyl (C=O) groups excluding carboxylic acids is 1. The highest BCUT2D eigenvalue weighted by molar-refractivity contribution is 7.80. The number of anilines is 1. The molecule has 2 N–H and O–H groups in total. The SMILES string of the molecule is O=C(NC(=S)Nc1ccc(-c2cc3ccccc3oc2=O)cc1)c1cccc(OCc2ccccc2)c1. The Balaban J connectivity index is 1.21. The Bertz CT molecular complexity index is 1630. The van der Waals surface area contributed by atoms with E-state index in [0.717, 1.165) is 10.9 Å². The van der Waals surface area contributed by atoms with Crippen LogP contribution in [0, 0.1) is 0 Å². The lowest BCUT2D eigenvalue weighted by atomic mass is 10.1. The third-order valence-electron chi connectivity index (χ3n) is 5.67. The van der Waals surface area contributed by atoms with Crippen LogP contribution >= 0.6 is 12.2 Å². The van der Waals surface area contributed by atoms with Gasteiger partial charge in [-0.2, -0.15) is 0 Å². The number of carbonyl (C=O) groups is 1. The molecule has 0 radical (unpaired) electrons. The molecule has 37 heavy (non-hydrogen) atoms. The summed E-state index contributed by atoms with van der Waals surface area (Å²) >= 11 is 5.32. The number of para-hydroxylation sites is 1. The molecule has 0 saturated heterocycles. The first-order valence-electron chi connectivity index (χ1n) is 11.6. The second-order valence-corrected chi connectivity index (χ2v) is 8.68. The van der Waals surface area contributed by atoms with Gasteiger partial charge in [-0.15, -0.1) is 0 Å². The zero-order chi connectivity index (χ0) is 25.6. The first kappa shape index (κ1) is 24.0. The molecule has 0 spiro atoms. The summed E-state index contributed by atoms with van der Waals surface area (Å²) in [7, 11) is 0. The van der Waals surface area contributed by atoms with E-state index in [1.807, 2.05) is 54.6 Å². The third kappa shape index (κ3) is 5.91. The molecule has 7 heteroatoms. The van der Waals surface area contributed by atoms with Crippen molar-refractivity contribution in [3.63, 3.8) is 0 Å². The second kappa shape index (κ2) is 10.9. The van der Waals surface area contributed by atoms with E-state index >= 15 is 0 Å². The van der Waals surface area contributed by atoms with Gasteiger partial charge < -0.3 is 14.5 Å². The molecule has 5 aromatic rings. The van der Waals surface area contributed by atoms with Crippen LogP contribution in [-0.2, 0) is 6.61 Å². The monoisotopic (exact) mass is 506 g/mol. The lowest BCUT2D eigenvalue weighted by molar-refractivity contribution is 0.0977. The zero-order valence-electron chi connectivity index (χ0n) is 19.6. The Morgan fingerprint density at radius 3 is 2.41 bits per heavy atom. The van der Waals surface area contributed by atoms with Crippen LogP contribution < -0.4 is 21.0 Å². The average Bonchev–Trinajstić information content (AvgIpc) is 2.93. The van der Waals surface area contributed by atoms with Gasteiger partial charge in [0.1, 0.15) is 17.9 Å². The summed E-state index contributed by atoms with van der Waals surface area (Å²) in [4.78, 5) is 25.1. The van der Waals surface area contributed by atoms with Gasteiger partial charge in [0, 0.05) is 16.6 Å². The van der Waals surface area contributed by atoms with Crippen LogP contribution in [0.1, 0.15) is 15.9 Å². The van der Waals surface area contributed by atoms with Gasteiger partial charge in [-0.25, -0.2) is 4.79 Å². The minimum absolute atomic E-state index is 0.151. The van der Waals surface area contributed by atoms with E-state index < -0.39 is 5.63 Å². The van der Waals surface area contributed by atoms with Crippen LogP contribution in [0.25, 0.3) is 22.1 Å². The molecular formula is C30H22N2O4S. The fourth-order valence-corrected chi connectivity index (χ4v) is 4.01. The first-order chi connectivity index (χ1) is 18.0. The maximum atomic E-state index is 12.7. The Kier molecular flexibility index (Phi) is 7.05. The summed E-state index contributed by atoms with van der Waals surface area (Å²) in [6.45, 7) is 0.406. The summed E-state index contributed by atoms with van der Waals surface area (Å²) < 4.78 is 11.2. The number of amides is 1. The molecule has 1 heterocycles. The summed E-state index contributed by atoms with van der Waals surface area (Å²) in [5.41, 5.74) is 3.45. The van der Waals surface area contributed by atoms with Gasteiger partial charge in [0.25, 0.3) is 5.91 Å². The molecule has 0 atom stereocenters. The topological polar surface area (TPSA) is 80.6 Å². The third-order valence-corrected chi connectivity index (χ3v) is 5.87. The van der Waals surface area contributed by atoms with Crippen molar-refractivity contribution in [2.75, 3.05) is 5.32 Å². The van der Waals surface area contributed by atoms with Crippen molar-refractivity contribution in [1.82, 2.24) is 5.32 Å². The maximum Gasteiger partial charge on any atom is 0.344 e. The van der Waals surface area contributed by atoms with Gasteiger partial charge in [0.15, 0.2) is 5.11 Å². The van der Waals surface area contributed by atoms with Gasteiger partial charge in [-0.1, -0.05) is 66.7 Å². The normalized spacial score (nSPS) is 10.6. The van der Waals surface area contributed by atoms with E-state index in [4.69, 9.17) is 21.4 Å². The fourth-order valence-electron chi connectivity index (χ4n) is 3.80. The smallest absolute Gasteiger partial charge is 0.344 e. The predicted molar refractivity (Wildman–Crippen MR) is 149 cm³/mol. The minimum atomic E-state index is -0.405. The van der Waals surface area contributed by atoms with Crippen molar-refractivity contribution in [2.45, 2.75) is 6.61 Å². The number of ether oxygens (including phenoxy) is 1. The number of hydrogen-bond acceptors (Lipinski definition) is 5. The maximum absolute atomic E-state index is 12.7. The number of nitrogens with one attached hydrogen (secondary N) is 2. The van der Waals surface area contributed by atoms with E-state index in [0.29, 0.717) is 40.3 Å². The molecule has 5 rings (SSSR count). The van der Waals surface area contributed by atoms with Gasteiger partial charge in [0.05, 0.1) is 5.56 Å². The molecule has 0 aliphatic carbocycles. The lowest BCUT2D eigenvalue weighted by Crippen LogP contribution is -2.34. The van der Waals surface area contributed by atoms with E-state index in [1.54, 1.807) is 54.6 Å². The van der Waals surface area contributed by atoms with Gasteiger partial charge in [0.2, 0.25) is 0 Å². The van der Waals surface area contributed by atoms with Crippen molar-refractivity contribution in [2.24, 2.45) is 0 Å². The summed E-state index contributed by atoms with van der Waals surface area (Å²) in [6, 6.07) is 33.0. The molecule has 0 aliphatic rings. The lowest BCUT2D eigenvalue weighted by Gasteiger charge is -2.11. The molecule has 6 nitrogen and oxygen atoms in total. The van der Waals surface area contributed by atoms with Crippen molar-refractivity contribution in [3.8, 4) is 16.9 Å². The van der Waals surface area contributed by atoms with Crippen LogP contribution in [0.2, 0.25) is 0 Å². The Hall–Kier alpha value is -4.75. The summed E-state index contributed by atoms with van der Waals surface area (Å²) in [5, 5.41) is 6.67. The Morgan fingerprint density at radius 1 is 0.838 bits per heavy atom. The van der Waals surface area contributed by atoms with Crippen LogP contribution in [0.5, 0.6) is 5.75 Å². The fraction of sp³-hybridized carbons (Fsp3) is 0.0333. The van der Waals surface area contributed by atoms with E-state index in [-0.39, 0.29) is 11.0 Å². The number of benzene rings is 4. The summed E-state index contributed by atoms with van der Waals surface area (Å²) in [6.07, 6.45) is 0. The summed E-state index contributed by atoms with van der Waals surface area (Å²) in [5.74, 6) is 0.234. The van der Waals surface area contributed by atoms with Crippen LogP contribution in [-0.4, -0.2) is 11.0 Å². The highest BCUT2D eigenvalue weighted by Crippen LogP contribution is 2.22. The zero-order valence-corrected chi connectivity index (χ0v) is 20.5. The molecule has 182 valence electrons. The molecule has 0 fully saturated rings. The molecule has 1 aromatic heterocycles. The van der Waals surface area contributed by atoms with Gasteiger partial charge in [-0.3, -0.25) is 10.1 Å². The first-order valence-corrected chi connectivity index (χ1v) is 12.0. The average molecular weight is 507 g/mol. The number of hydrogen-bond donors (Lipinski definition) is 2. The van der Waals surface area contributed by atoms with Crippen molar-refractivity contribution >= 4 is 39.9 Å². The quantitative estimate of drug-likeness (QED) is 0.212. The van der Waals surface area contributed by atoms with Gasteiger partial charge >= 0.3 is 5.63 Å². The largest absolute Gasteiger partial charge is 0.489 e. The van der Waals surface area contributed by atoms with Crippen molar-refractivity contribution in [1.29, 1.82) is 0 Å². The van der Waals surface area contributed by atoms with Crippen LogP contribution in [0.3, 0.4) is 0 Å². The highest BCUT2D eigenvalue weighted by Gasteiger charge is 2.11. The molecule has 0 saturated carbocycles. The predicted octanol–water partition coefficient (Wildman–Crippen LogP) is 6.17. The van der Waals surface area contributed by atoms with E-state index in [9.17, 15) is 9.59 Å². The van der Waals surface area contributed by atoms with E-state index in [1.165, 1.54) is 0 Å². The Labute approximate surface area is 218 Å². The number of rotatable bonds is 6. The van der Waals surface area contributed by atoms with Crippen molar-refractivity contribution in [3.05, 3.63) is 131 Å². The minimum Gasteiger partial charge on any atom is -0.489 e. The number of fused-ring (bicyclic) bond motifs is 1. The molecule has 0 bridgehead atoms. The van der Waals surface area contributed by atoms with Crippen molar-refractivity contribution < 1.29 is 13.9 Å². The van der Waals surface area contributed by atoms with E-state index in [2.05, 4.69) is 10.6 Å². The standard InChI is InChI=1S/C30H22N2O4S/c33-28(23-10-6-11-25(17-23)35-19-20-7-2-1-3-8-20)32-30(37)31-24-15-13-21(14-16-24)26-18-22-9-4-5-12-27(22)36-29(26)34/h1-18H,19H2,(H2,31,32,33,37). The molecule has 1 amide bonds. The highest BCUT2D eigenvalue weighted by atomic mass is 32.1. The van der Waals surface area contributed by atoms with Gasteiger partial charge in [-0.05, 0) is 65.8 Å². The number of thiocarbonyl (C=S) groups is 1.